The Balaban J connectivity index is 1.78. The van der Waals surface area contributed by atoms with E-state index < -0.39 is 11.4 Å². The van der Waals surface area contributed by atoms with E-state index in [4.69, 9.17) is 0 Å². The third-order valence-corrected chi connectivity index (χ3v) is 5.07. The number of aliphatic carboxylic acids is 1. The van der Waals surface area contributed by atoms with Gasteiger partial charge in [-0.25, -0.2) is 0 Å². The lowest BCUT2D eigenvalue weighted by molar-refractivity contribution is -0.156. The molecule has 0 aromatic rings. The average molecular weight is 251 g/mol. The second-order valence-electron chi connectivity index (χ2n) is 6.14. The zero-order valence-corrected chi connectivity index (χ0v) is 10.7. The lowest BCUT2D eigenvalue weighted by atomic mass is 9.78. The van der Waals surface area contributed by atoms with Crippen molar-refractivity contribution in [3.8, 4) is 0 Å². The maximum Gasteiger partial charge on any atom is 0.319 e. The van der Waals surface area contributed by atoms with Crippen LogP contribution >= 0.6 is 0 Å². The van der Waals surface area contributed by atoms with Gasteiger partial charge in [0.1, 0.15) is 5.41 Å². The number of fused-ring (bicyclic) bond motifs is 1. The highest BCUT2D eigenvalue weighted by Crippen LogP contribution is 2.49. The largest absolute Gasteiger partial charge is 0.480 e. The molecular formula is C14H21NO3. The Hall–Kier alpha value is -1.06. The minimum atomic E-state index is -1.04. The van der Waals surface area contributed by atoms with Crippen LogP contribution in [0.1, 0.15) is 51.4 Å². The van der Waals surface area contributed by atoms with E-state index in [-0.39, 0.29) is 5.91 Å². The van der Waals surface area contributed by atoms with Crippen LogP contribution in [0.5, 0.6) is 0 Å². The van der Waals surface area contributed by atoms with Crippen LogP contribution in [0.4, 0.5) is 0 Å². The first-order chi connectivity index (χ1) is 8.65. The minimum absolute atomic E-state index is 0.0911. The molecule has 4 heteroatoms. The molecule has 4 nitrogen and oxygen atoms in total. The van der Waals surface area contributed by atoms with E-state index in [1.807, 2.05) is 4.90 Å². The summed E-state index contributed by atoms with van der Waals surface area (Å²) in [5, 5.41) is 9.25. The first-order valence-electron chi connectivity index (χ1n) is 7.20. The lowest BCUT2D eigenvalue weighted by Crippen LogP contribution is -2.53. The number of amides is 1. The van der Waals surface area contributed by atoms with Crippen molar-refractivity contribution in [2.45, 2.75) is 57.4 Å². The summed E-state index contributed by atoms with van der Waals surface area (Å²) >= 11 is 0. The van der Waals surface area contributed by atoms with Gasteiger partial charge in [0.25, 0.3) is 0 Å². The summed E-state index contributed by atoms with van der Waals surface area (Å²) in [5.74, 6) is -0.377. The molecule has 0 radical (unpaired) electrons. The second kappa shape index (κ2) is 4.25. The standard InChI is InChI=1S/C14H21NO3/c16-12(14(7-8-14)13(17)18)15-9-3-5-10-4-1-2-6-11(10)15/h10-11H,1-9H2,(H,17,18)/t10-,11-/m1/s1. The Morgan fingerprint density at radius 2 is 1.72 bits per heavy atom. The molecule has 0 aromatic carbocycles. The average Bonchev–Trinajstić information content (AvgIpc) is 3.19. The fraction of sp³-hybridized carbons (Fsp3) is 0.857. The molecule has 1 aliphatic heterocycles. The van der Waals surface area contributed by atoms with Crippen LogP contribution in [0.3, 0.4) is 0 Å². The van der Waals surface area contributed by atoms with Crippen LogP contribution in [0.15, 0.2) is 0 Å². The molecule has 1 heterocycles. The predicted octanol–water partition coefficient (Wildman–Crippen LogP) is 2.03. The molecule has 0 unspecified atom stereocenters. The van der Waals surface area contributed by atoms with Gasteiger partial charge in [0.2, 0.25) is 5.91 Å². The highest BCUT2D eigenvalue weighted by atomic mass is 16.4. The van der Waals surface area contributed by atoms with Crippen molar-refractivity contribution in [3.05, 3.63) is 0 Å². The fourth-order valence-corrected chi connectivity index (χ4v) is 3.80. The highest BCUT2D eigenvalue weighted by molar-refractivity contribution is 6.05. The molecule has 0 spiro atoms. The van der Waals surface area contributed by atoms with Crippen LogP contribution < -0.4 is 0 Å². The zero-order chi connectivity index (χ0) is 12.8. The smallest absolute Gasteiger partial charge is 0.319 e. The van der Waals surface area contributed by atoms with E-state index in [1.54, 1.807) is 0 Å². The van der Waals surface area contributed by atoms with Gasteiger partial charge < -0.3 is 10.0 Å². The Morgan fingerprint density at radius 1 is 1.06 bits per heavy atom. The van der Waals surface area contributed by atoms with Gasteiger partial charge >= 0.3 is 5.97 Å². The van der Waals surface area contributed by atoms with Crippen molar-refractivity contribution in [2.24, 2.45) is 11.3 Å². The van der Waals surface area contributed by atoms with Crippen LogP contribution in [0, 0.1) is 11.3 Å². The van der Waals surface area contributed by atoms with Gasteiger partial charge in [-0.2, -0.15) is 0 Å². The lowest BCUT2D eigenvalue weighted by Gasteiger charge is -2.45. The maximum absolute atomic E-state index is 12.5. The first kappa shape index (κ1) is 12.0. The zero-order valence-electron chi connectivity index (χ0n) is 10.7. The highest BCUT2D eigenvalue weighted by Gasteiger charge is 2.59. The van der Waals surface area contributed by atoms with Crippen molar-refractivity contribution in [2.75, 3.05) is 6.54 Å². The fourth-order valence-electron chi connectivity index (χ4n) is 3.80. The van der Waals surface area contributed by atoms with Gasteiger partial charge in [-0.1, -0.05) is 12.8 Å². The van der Waals surface area contributed by atoms with Gasteiger partial charge in [0.05, 0.1) is 0 Å². The summed E-state index contributed by atoms with van der Waals surface area (Å²) in [6.07, 6.45) is 8.08. The topological polar surface area (TPSA) is 57.6 Å². The van der Waals surface area contributed by atoms with E-state index in [2.05, 4.69) is 0 Å². The third kappa shape index (κ3) is 1.73. The number of rotatable bonds is 2. The van der Waals surface area contributed by atoms with E-state index in [0.717, 1.165) is 19.4 Å². The summed E-state index contributed by atoms with van der Waals surface area (Å²) in [7, 11) is 0. The van der Waals surface area contributed by atoms with Crippen molar-refractivity contribution in [1.29, 1.82) is 0 Å². The molecule has 2 aliphatic carbocycles. The van der Waals surface area contributed by atoms with Gasteiger partial charge in [-0.3, -0.25) is 9.59 Å². The number of carbonyl (C=O) groups is 2. The van der Waals surface area contributed by atoms with Gasteiger partial charge in [-0.15, -0.1) is 0 Å². The van der Waals surface area contributed by atoms with Crippen molar-refractivity contribution < 1.29 is 14.7 Å². The Morgan fingerprint density at radius 3 is 2.39 bits per heavy atom. The molecule has 3 rings (SSSR count). The molecule has 18 heavy (non-hydrogen) atoms. The number of carbonyl (C=O) groups excluding carboxylic acids is 1. The maximum atomic E-state index is 12.5. The van der Waals surface area contributed by atoms with Crippen molar-refractivity contribution >= 4 is 11.9 Å². The summed E-state index contributed by atoms with van der Waals surface area (Å²) in [6.45, 7) is 0.773. The molecule has 2 saturated carbocycles. The summed E-state index contributed by atoms with van der Waals surface area (Å²) in [4.78, 5) is 25.7. The van der Waals surface area contributed by atoms with Crippen LogP contribution in [-0.2, 0) is 9.59 Å². The number of carboxylic acids is 1. The van der Waals surface area contributed by atoms with E-state index >= 15 is 0 Å². The summed E-state index contributed by atoms with van der Waals surface area (Å²) in [6, 6.07) is 0.330. The number of piperidine rings is 1. The minimum Gasteiger partial charge on any atom is -0.480 e. The molecule has 3 aliphatic rings. The van der Waals surface area contributed by atoms with E-state index in [1.165, 1.54) is 25.7 Å². The Labute approximate surface area is 107 Å². The molecule has 100 valence electrons. The Kier molecular flexibility index (Phi) is 2.83. The normalized spacial score (nSPS) is 33.7. The molecule has 1 saturated heterocycles. The van der Waals surface area contributed by atoms with Crippen molar-refractivity contribution in [1.82, 2.24) is 4.90 Å². The molecule has 1 N–H and O–H groups in total. The number of likely N-dealkylation sites (tertiary alicyclic amines) is 1. The van der Waals surface area contributed by atoms with Crippen molar-refractivity contribution in [3.63, 3.8) is 0 Å². The molecule has 0 aromatic heterocycles. The van der Waals surface area contributed by atoms with Crippen LogP contribution in [-0.4, -0.2) is 34.5 Å². The van der Waals surface area contributed by atoms with Gasteiger partial charge in [0, 0.05) is 12.6 Å². The van der Waals surface area contributed by atoms with Gasteiger partial charge in [0.15, 0.2) is 0 Å². The molecule has 3 fully saturated rings. The number of hydrogen-bond donors (Lipinski definition) is 1. The molecule has 2 atom stereocenters. The van der Waals surface area contributed by atoms with Gasteiger partial charge in [-0.05, 0) is 44.4 Å². The Bertz CT molecular complexity index is 373. The number of carboxylic acid groups (broad SMARTS) is 1. The molecular weight excluding hydrogens is 230 g/mol. The summed E-state index contributed by atoms with van der Waals surface area (Å²) < 4.78 is 0. The summed E-state index contributed by atoms with van der Waals surface area (Å²) in [5.41, 5.74) is -1.04. The van der Waals surface area contributed by atoms with E-state index in [0.29, 0.717) is 24.8 Å². The first-order valence-corrected chi connectivity index (χ1v) is 7.20. The number of nitrogens with zero attached hydrogens (tertiary/aromatic N) is 1. The SMILES string of the molecule is O=C(O)C1(C(=O)N2CCC[C@H]3CCCC[C@H]32)CC1. The molecule has 1 amide bonds. The van der Waals surface area contributed by atoms with E-state index in [9.17, 15) is 14.7 Å². The quantitative estimate of drug-likeness (QED) is 0.764. The van der Waals surface area contributed by atoms with Crippen LogP contribution in [0.25, 0.3) is 0 Å². The third-order valence-electron chi connectivity index (χ3n) is 5.07. The predicted molar refractivity (Wildman–Crippen MR) is 66.0 cm³/mol. The monoisotopic (exact) mass is 251 g/mol. The number of hydrogen-bond acceptors (Lipinski definition) is 2. The molecule has 0 bridgehead atoms. The van der Waals surface area contributed by atoms with Crippen LogP contribution in [0.2, 0.25) is 0 Å². The second-order valence-corrected chi connectivity index (χ2v) is 6.14.